The number of carbonyl (C=O) groups excluding carboxylic acids is 1. The fraction of sp³-hybridized carbons (Fsp3) is 0.533. The van der Waals surface area contributed by atoms with Gasteiger partial charge in [-0.15, -0.1) is 0 Å². The van der Waals surface area contributed by atoms with Crippen molar-refractivity contribution in [1.29, 1.82) is 0 Å². The topological polar surface area (TPSA) is 35.6 Å². The van der Waals surface area contributed by atoms with E-state index in [1.165, 1.54) is 0 Å². The molecule has 1 saturated heterocycles. The molecule has 0 bridgehead atoms. The average Bonchev–Trinajstić information content (AvgIpc) is 2.38. The van der Waals surface area contributed by atoms with Gasteiger partial charge in [-0.05, 0) is 38.6 Å². The summed E-state index contributed by atoms with van der Waals surface area (Å²) in [6.45, 7) is 2.07. The van der Waals surface area contributed by atoms with Crippen LogP contribution in [0.15, 0.2) is 24.3 Å². The monoisotopic (exact) mass is 261 g/mol. The van der Waals surface area contributed by atoms with E-state index in [4.69, 9.17) is 0 Å². The number of carbonyl (C=O) groups is 1. The van der Waals surface area contributed by atoms with Crippen molar-refractivity contribution in [3.05, 3.63) is 29.8 Å². The molecular weight excluding hydrogens is 238 g/mol. The molecule has 1 atom stereocenters. The van der Waals surface area contributed by atoms with Gasteiger partial charge in [0.05, 0.1) is 5.56 Å². The second-order valence-corrected chi connectivity index (χ2v) is 5.49. The summed E-state index contributed by atoms with van der Waals surface area (Å²) in [6.07, 6.45) is 2.22. The molecule has 0 radical (unpaired) electrons. The van der Waals surface area contributed by atoms with E-state index >= 15 is 0 Å². The SMILES string of the molecule is CN1CCCC(NC(=O)c2ccccc2N(C)C)C1. The smallest absolute Gasteiger partial charge is 0.253 e. The molecule has 104 valence electrons. The molecule has 0 spiro atoms. The van der Waals surface area contributed by atoms with Crippen molar-refractivity contribution in [2.75, 3.05) is 39.1 Å². The van der Waals surface area contributed by atoms with E-state index in [1.54, 1.807) is 0 Å². The van der Waals surface area contributed by atoms with Gasteiger partial charge >= 0.3 is 0 Å². The average molecular weight is 261 g/mol. The molecule has 0 aliphatic carbocycles. The van der Waals surface area contributed by atoms with Crippen LogP contribution in [0.2, 0.25) is 0 Å². The highest BCUT2D eigenvalue weighted by atomic mass is 16.1. The highest BCUT2D eigenvalue weighted by molar-refractivity contribution is 5.99. The maximum Gasteiger partial charge on any atom is 0.253 e. The Morgan fingerprint density at radius 2 is 2.11 bits per heavy atom. The molecule has 19 heavy (non-hydrogen) atoms. The third-order valence-electron chi connectivity index (χ3n) is 3.59. The highest BCUT2D eigenvalue weighted by Crippen LogP contribution is 2.18. The van der Waals surface area contributed by atoms with Crippen LogP contribution in [0, 0.1) is 0 Å². The van der Waals surface area contributed by atoms with Crippen molar-refractivity contribution in [3.8, 4) is 0 Å². The Morgan fingerprint density at radius 1 is 1.37 bits per heavy atom. The zero-order chi connectivity index (χ0) is 13.8. The van der Waals surface area contributed by atoms with Gasteiger partial charge in [-0.2, -0.15) is 0 Å². The van der Waals surface area contributed by atoms with Crippen molar-refractivity contribution < 1.29 is 4.79 Å². The summed E-state index contributed by atoms with van der Waals surface area (Å²) >= 11 is 0. The maximum absolute atomic E-state index is 12.4. The molecule has 2 rings (SSSR count). The van der Waals surface area contributed by atoms with Crippen molar-refractivity contribution in [2.45, 2.75) is 18.9 Å². The van der Waals surface area contributed by atoms with Crippen LogP contribution in [0.3, 0.4) is 0 Å². The number of hydrogen-bond acceptors (Lipinski definition) is 3. The van der Waals surface area contributed by atoms with E-state index in [0.717, 1.165) is 37.2 Å². The van der Waals surface area contributed by atoms with Crippen LogP contribution in [0.5, 0.6) is 0 Å². The minimum Gasteiger partial charge on any atom is -0.377 e. The van der Waals surface area contributed by atoms with Crippen molar-refractivity contribution in [3.63, 3.8) is 0 Å². The lowest BCUT2D eigenvalue weighted by molar-refractivity contribution is 0.0913. The second kappa shape index (κ2) is 6.06. The van der Waals surface area contributed by atoms with Crippen molar-refractivity contribution >= 4 is 11.6 Å². The van der Waals surface area contributed by atoms with E-state index in [1.807, 2.05) is 43.3 Å². The molecule has 0 aromatic heterocycles. The number of nitrogens with one attached hydrogen (secondary N) is 1. The first-order chi connectivity index (χ1) is 9.08. The van der Waals surface area contributed by atoms with Crippen LogP contribution in [0.1, 0.15) is 23.2 Å². The van der Waals surface area contributed by atoms with E-state index < -0.39 is 0 Å². The highest BCUT2D eigenvalue weighted by Gasteiger charge is 2.20. The number of amides is 1. The molecule has 1 aromatic carbocycles. The number of rotatable bonds is 3. The van der Waals surface area contributed by atoms with E-state index in [2.05, 4.69) is 17.3 Å². The third kappa shape index (κ3) is 3.47. The van der Waals surface area contributed by atoms with Gasteiger partial charge in [0.1, 0.15) is 0 Å². The summed E-state index contributed by atoms with van der Waals surface area (Å²) in [5.41, 5.74) is 1.71. The quantitative estimate of drug-likeness (QED) is 0.897. The van der Waals surface area contributed by atoms with Gasteiger partial charge in [0.25, 0.3) is 5.91 Å². The Hall–Kier alpha value is -1.55. The molecule has 4 heteroatoms. The second-order valence-electron chi connectivity index (χ2n) is 5.49. The van der Waals surface area contributed by atoms with Crippen LogP contribution in [-0.4, -0.2) is 51.1 Å². The van der Waals surface area contributed by atoms with Gasteiger partial charge in [-0.3, -0.25) is 4.79 Å². The van der Waals surface area contributed by atoms with Gasteiger partial charge in [0.15, 0.2) is 0 Å². The molecule has 1 aliphatic rings. The number of para-hydroxylation sites is 1. The number of piperidine rings is 1. The first kappa shape index (κ1) is 13.9. The minimum absolute atomic E-state index is 0.0320. The molecule has 1 aromatic rings. The fourth-order valence-corrected chi connectivity index (χ4v) is 2.60. The standard InChI is InChI=1S/C15H23N3O/c1-17(2)14-9-5-4-8-13(14)15(19)16-12-7-6-10-18(3)11-12/h4-5,8-9,12H,6-7,10-11H2,1-3H3,(H,16,19). The zero-order valence-corrected chi connectivity index (χ0v) is 12.0. The molecule has 4 nitrogen and oxygen atoms in total. The fourth-order valence-electron chi connectivity index (χ4n) is 2.60. The van der Waals surface area contributed by atoms with E-state index in [-0.39, 0.29) is 11.9 Å². The first-order valence-corrected chi connectivity index (χ1v) is 6.83. The first-order valence-electron chi connectivity index (χ1n) is 6.83. The number of likely N-dealkylation sites (tertiary alicyclic amines) is 1. The number of benzene rings is 1. The van der Waals surface area contributed by atoms with E-state index in [9.17, 15) is 4.79 Å². The molecule has 1 N–H and O–H groups in total. The molecular formula is C15H23N3O. The zero-order valence-electron chi connectivity index (χ0n) is 12.0. The molecule has 1 aliphatic heterocycles. The van der Waals surface area contributed by atoms with Gasteiger partial charge in [0.2, 0.25) is 0 Å². The minimum atomic E-state index is 0.0320. The normalized spacial score (nSPS) is 20.1. The predicted molar refractivity (Wildman–Crippen MR) is 78.8 cm³/mol. The third-order valence-corrected chi connectivity index (χ3v) is 3.59. The van der Waals surface area contributed by atoms with Crippen LogP contribution in [0.25, 0.3) is 0 Å². The lowest BCUT2D eigenvalue weighted by atomic mass is 10.1. The molecule has 1 heterocycles. The van der Waals surface area contributed by atoms with Crippen LogP contribution >= 0.6 is 0 Å². The number of anilines is 1. The van der Waals surface area contributed by atoms with Crippen LogP contribution in [0.4, 0.5) is 5.69 Å². The van der Waals surface area contributed by atoms with Gasteiger partial charge in [-0.25, -0.2) is 0 Å². The largest absolute Gasteiger partial charge is 0.377 e. The Bertz CT molecular complexity index is 445. The van der Waals surface area contributed by atoms with Crippen molar-refractivity contribution in [1.82, 2.24) is 10.2 Å². The summed E-state index contributed by atoms with van der Waals surface area (Å²) in [5, 5.41) is 3.15. The Balaban J connectivity index is 2.07. The number of likely N-dealkylation sites (N-methyl/N-ethyl adjacent to an activating group) is 1. The molecule has 0 saturated carbocycles. The van der Waals surface area contributed by atoms with Crippen molar-refractivity contribution in [2.24, 2.45) is 0 Å². The Kier molecular flexibility index (Phi) is 4.43. The maximum atomic E-state index is 12.4. The summed E-state index contributed by atoms with van der Waals surface area (Å²) in [4.78, 5) is 16.6. The summed E-state index contributed by atoms with van der Waals surface area (Å²) in [5.74, 6) is 0.0320. The molecule has 1 fully saturated rings. The van der Waals surface area contributed by atoms with Gasteiger partial charge in [0, 0.05) is 32.4 Å². The lowest BCUT2D eigenvalue weighted by Crippen LogP contribution is -2.46. The number of hydrogen-bond donors (Lipinski definition) is 1. The number of nitrogens with zero attached hydrogens (tertiary/aromatic N) is 2. The molecule has 1 amide bonds. The lowest BCUT2D eigenvalue weighted by Gasteiger charge is -2.30. The Morgan fingerprint density at radius 3 is 2.79 bits per heavy atom. The van der Waals surface area contributed by atoms with Crippen LogP contribution in [-0.2, 0) is 0 Å². The predicted octanol–water partition coefficient (Wildman–Crippen LogP) is 1.58. The van der Waals surface area contributed by atoms with Crippen LogP contribution < -0.4 is 10.2 Å². The van der Waals surface area contributed by atoms with Gasteiger partial charge in [-0.1, -0.05) is 12.1 Å². The Labute approximate surface area is 115 Å². The summed E-state index contributed by atoms with van der Waals surface area (Å²) < 4.78 is 0. The summed E-state index contributed by atoms with van der Waals surface area (Å²) in [6, 6.07) is 8.00. The van der Waals surface area contributed by atoms with E-state index in [0.29, 0.717) is 0 Å². The molecule has 1 unspecified atom stereocenters. The summed E-state index contributed by atoms with van der Waals surface area (Å²) in [7, 11) is 6.02. The van der Waals surface area contributed by atoms with Gasteiger partial charge < -0.3 is 15.1 Å².